The molecule has 0 fully saturated rings. The molecule has 0 atom stereocenters. The summed E-state index contributed by atoms with van der Waals surface area (Å²) in [5.74, 6) is -0.281. The van der Waals surface area contributed by atoms with Crippen molar-refractivity contribution in [3.63, 3.8) is 0 Å². The Hall–Kier alpha value is -3.16. The summed E-state index contributed by atoms with van der Waals surface area (Å²) in [6.45, 7) is -0.0240. The standard InChI is InChI=1S/C17H17FN2O5/c1-19(10-12-3-5-13(18)6-4-12)17(21)11-25-16-9-14(20(22)23)7-8-15(16)24-2/h3-9H,10-11H2,1-2H3. The third kappa shape index (κ3) is 4.90. The molecule has 0 bridgehead atoms. The Morgan fingerprint density at radius 1 is 1.20 bits per heavy atom. The van der Waals surface area contributed by atoms with Gasteiger partial charge in [0.1, 0.15) is 5.82 Å². The number of rotatable bonds is 7. The fraction of sp³-hybridized carbons (Fsp3) is 0.235. The highest BCUT2D eigenvalue weighted by Gasteiger charge is 2.15. The Kier molecular flexibility index (Phi) is 5.89. The number of hydrogen-bond donors (Lipinski definition) is 0. The Balaban J connectivity index is 2.00. The van der Waals surface area contributed by atoms with Crippen molar-refractivity contribution < 1.29 is 23.6 Å². The molecule has 2 aromatic rings. The molecule has 0 aromatic heterocycles. The van der Waals surface area contributed by atoms with Gasteiger partial charge in [0, 0.05) is 19.7 Å². The van der Waals surface area contributed by atoms with E-state index >= 15 is 0 Å². The molecule has 0 aliphatic rings. The van der Waals surface area contributed by atoms with Crippen LogP contribution in [0.15, 0.2) is 42.5 Å². The smallest absolute Gasteiger partial charge is 0.273 e. The van der Waals surface area contributed by atoms with E-state index < -0.39 is 4.92 Å². The van der Waals surface area contributed by atoms with Crippen LogP contribution in [0.1, 0.15) is 5.56 Å². The quantitative estimate of drug-likeness (QED) is 0.568. The molecular formula is C17H17FN2O5. The van der Waals surface area contributed by atoms with Crippen molar-refractivity contribution in [1.82, 2.24) is 4.90 Å². The van der Waals surface area contributed by atoms with Gasteiger partial charge in [0.2, 0.25) is 0 Å². The molecule has 0 aliphatic heterocycles. The summed E-state index contributed by atoms with van der Waals surface area (Å²) in [5.41, 5.74) is 0.605. The maximum absolute atomic E-state index is 12.9. The first kappa shape index (κ1) is 18.2. The third-order valence-corrected chi connectivity index (χ3v) is 3.47. The number of nitro benzene ring substituents is 1. The minimum atomic E-state index is -0.561. The van der Waals surface area contributed by atoms with Crippen molar-refractivity contribution in [3.05, 3.63) is 64.0 Å². The summed E-state index contributed by atoms with van der Waals surface area (Å²) >= 11 is 0. The van der Waals surface area contributed by atoms with E-state index in [0.29, 0.717) is 5.75 Å². The van der Waals surface area contributed by atoms with Crippen LogP contribution in [0.5, 0.6) is 11.5 Å². The molecule has 0 unspecified atom stereocenters. The number of hydrogen-bond acceptors (Lipinski definition) is 5. The molecule has 0 saturated heterocycles. The van der Waals surface area contributed by atoms with Crippen LogP contribution >= 0.6 is 0 Å². The predicted molar refractivity (Wildman–Crippen MR) is 88.0 cm³/mol. The van der Waals surface area contributed by atoms with E-state index in [0.717, 1.165) is 5.56 Å². The number of carbonyl (C=O) groups is 1. The first-order valence-electron chi connectivity index (χ1n) is 7.34. The minimum Gasteiger partial charge on any atom is -0.493 e. The van der Waals surface area contributed by atoms with Gasteiger partial charge in [-0.2, -0.15) is 0 Å². The molecule has 0 radical (unpaired) electrons. The lowest BCUT2D eigenvalue weighted by Gasteiger charge is -2.18. The van der Waals surface area contributed by atoms with E-state index in [9.17, 15) is 19.3 Å². The van der Waals surface area contributed by atoms with Gasteiger partial charge in [-0.25, -0.2) is 4.39 Å². The molecule has 0 saturated carbocycles. The summed E-state index contributed by atoms with van der Waals surface area (Å²) in [7, 11) is 2.98. The van der Waals surface area contributed by atoms with Crippen LogP contribution in [-0.4, -0.2) is 36.5 Å². The largest absolute Gasteiger partial charge is 0.493 e. The number of amides is 1. The summed E-state index contributed by atoms with van der Waals surface area (Å²) in [4.78, 5) is 23.8. The molecule has 25 heavy (non-hydrogen) atoms. The molecule has 0 N–H and O–H groups in total. The SMILES string of the molecule is COc1ccc([N+](=O)[O-])cc1OCC(=O)N(C)Cc1ccc(F)cc1. The Bertz CT molecular complexity index is 764. The molecule has 132 valence electrons. The lowest BCUT2D eigenvalue weighted by molar-refractivity contribution is -0.385. The monoisotopic (exact) mass is 348 g/mol. The van der Waals surface area contributed by atoms with E-state index in [1.54, 1.807) is 19.2 Å². The van der Waals surface area contributed by atoms with Crippen molar-refractivity contribution in [2.24, 2.45) is 0 Å². The van der Waals surface area contributed by atoms with Crippen molar-refractivity contribution in [3.8, 4) is 11.5 Å². The highest BCUT2D eigenvalue weighted by atomic mass is 19.1. The zero-order chi connectivity index (χ0) is 18.4. The average Bonchev–Trinajstić information content (AvgIpc) is 2.61. The van der Waals surface area contributed by atoms with Crippen molar-refractivity contribution >= 4 is 11.6 Å². The lowest BCUT2D eigenvalue weighted by atomic mass is 10.2. The van der Waals surface area contributed by atoms with Crippen molar-refractivity contribution in [2.75, 3.05) is 20.8 Å². The molecule has 0 heterocycles. The first-order valence-corrected chi connectivity index (χ1v) is 7.34. The second-order valence-electron chi connectivity index (χ2n) is 5.26. The summed E-state index contributed by atoms with van der Waals surface area (Å²) in [6.07, 6.45) is 0. The van der Waals surface area contributed by atoms with Gasteiger partial charge in [-0.15, -0.1) is 0 Å². The maximum Gasteiger partial charge on any atom is 0.273 e. The Morgan fingerprint density at radius 3 is 2.48 bits per heavy atom. The first-order chi connectivity index (χ1) is 11.9. The van der Waals surface area contributed by atoms with Crippen LogP contribution < -0.4 is 9.47 Å². The molecule has 0 aliphatic carbocycles. The van der Waals surface area contributed by atoms with Gasteiger partial charge in [0.15, 0.2) is 18.1 Å². The number of benzene rings is 2. The normalized spacial score (nSPS) is 10.2. The number of halogens is 1. The lowest BCUT2D eigenvalue weighted by Crippen LogP contribution is -2.31. The van der Waals surface area contributed by atoms with E-state index in [1.165, 1.54) is 42.3 Å². The maximum atomic E-state index is 12.9. The van der Waals surface area contributed by atoms with Crippen LogP contribution in [0, 0.1) is 15.9 Å². The second kappa shape index (κ2) is 8.09. The number of nitrogens with zero attached hydrogens (tertiary/aromatic N) is 2. The van der Waals surface area contributed by atoms with Crippen LogP contribution in [-0.2, 0) is 11.3 Å². The highest BCUT2D eigenvalue weighted by Crippen LogP contribution is 2.31. The molecule has 8 heteroatoms. The van der Waals surface area contributed by atoms with Gasteiger partial charge in [0.25, 0.3) is 11.6 Å². The number of ether oxygens (including phenoxy) is 2. The molecule has 1 amide bonds. The summed E-state index contributed by atoms with van der Waals surface area (Å²) < 4.78 is 23.3. The third-order valence-electron chi connectivity index (χ3n) is 3.47. The number of carbonyl (C=O) groups excluding carboxylic acids is 1. The summed E-state index contributed by atoms with van der Waals surface area (Å²) in [5, 5.41) is 10.8. The van der Waals surface area contributed by atoms with Gasteiger partial charge >= 0.3 is 0 Å². The topological polar surface area (TPSA) is 81.9 Å². The van der Waals surface area contributed by atoms with Gasteiger partial charge < -0.3 is 14.4 Å². The Labute approximate surface area is 143 Å². The predicted octanol–water partition coefficient (Wildman–Crippen LogP) is 2.78. The molecule has 7 nitrogen and oxygen atoms in total. The van der Waals surface area contributed by atoms with Gasteiger partial charge in [-0.1, -0.05) is 12.1 Å². The highest BCUT2D eigenvalue weighted by molar-refractivity contribution is 5.77. The van der Waals surface area contributed by atoms with E-state index in [4.69, 9.17) is 9.47 Å². The zero-order valence-corrected chi connectivity index (χ0v) is 13.8. The van der Waals surface area contributed by atoms with Crippen molar-refractivity contribution in [1.29, 1.82) is 0 Å². The van der Waals surface area contributed by atoms with Crippen LogP contribution in [0.3, 0.4) is 0 Å². The van der Waals surface area contributed by atoms with Crippen LogP contribution in [0.4, 0.5) is 10.1 Å². The molecule has 0 spiro atoms. The fourth-order valence-corrected chi connectivity index (χ4v) is 2.09. The van der Waals surface area contributed by atoms with E-state index in [1.807, 2.05) is 0 Å². The number of methoxy groups -OCH3 is 1. The number of non-ortho nitro benzene ring substituents is 1. The average molecular weight is 348 g/mol. The summed E-state index contributed by atoms with van der Waals surface area (Å²) in [6, 6.07) is 9.70. The fourth-order valence-electron chi connectivity index (χ4n) is 2.09. The van der Waals surface area contributed by atoms with E-state index in [-0.39, 0.29) is 36.3 Å². The molecule has 2 rings (SSSR count). The van der Waals surface area contributed by atoms with Crippen molar-refractivity contribution in [2.45, 2.75) is 6.54 Å². The van der Waals surface area contributed by atoms with E-state index in [2.05, 4.69) is 0 Å². The minimum absolute atomic E-state index is 0.111. The molecular weight excluding hydrogens is 331 g/mol. The van der Waals surface area contributed by atoms with Crippen LogP contribution in [0.2, 0.25) is 0 Å². The second-order valence-corrected chi connectivity index (χ2v) is 5.26. The number of likely N-dealkylation sites (N-methyl/N-ethyl adjacent to an activating group) is 1. The van der Waals surface area contributed by atoms with Gasteiger partial charge in [0.05, 0.1) is 18.1 Å². The Morgan fingerprint density at radius 2 is 1.88 bits per heavy atom. The van der Waals surface area contributed by atoms with Gasteiger partial charge in [-0.05, 0) is 23.8 Å². The zero-order valence-electron chi connectivity index (χ0n) is 13.8. The molecule has 2 aromatic carbocycles. The van der Waals surface area contributed by atoms with Crippen LogP contribution in [0.25, 0.3) is 0 Å². The van der Waals surface area contributed by atoms with Gasteiger partial charge in [-0.3, -0.25) is 14.9 Å². The number of nitro groups is 1.